The van der Waals surface area contributed by atoms with E-state index in [9.17, 15) is 18.0 Å². The standard InChI is InChI=1S/C24H24N4O5S/c1-14-11-18(14)22-10-7-15(33-22)13-28(2)23(29)17-5-3-4-6-19(17)27-34(31,32)16-8-9-20-21(12-16)26-24(30)25-20/h3-10,12,14,18,27H,11,13H2,1-2H3,(H2,25,26,30)/t14-,18+/m1/s1. The molecule has 0 bridgehead atoms. The zero-order valence-electron chi connectivity index (χ0n) is 18.7. The highest BCUT2D eigenvalue weighted by Gasteiger charge is 2.36. The topological polar surface area (TPSA) is 128 Å². The van der Waals surface area contributed by atoms with E-state index >= 15 is 0 Å². The maximum absolute atomic E-state index is 13.2. The zero-order valence-corrected chi connectivity index (χ0v) is 19.5. The molecule has 1 aliphatic carbocycles. The molecule has 0 radical (unpaired) electrons. The third kappa shape index (κ3) is 4.24. The monoisotopic (exact) mass is 480 g/mol. The molecule has 34 heavy (non-hydrogen) atoms. The number of nitrogens with one attached hydrogen (secondary N) is 3. The van der Waals surface area contributed by atoms with E-state index < -0.39 is 15.7 Å². The fourth-order valence-corrected chi connectivity index (χ4v) is 5.16. The van der Waals surface area contributed by atoms with Gasteiger partial charge in [-0.2, -0.15) is 0 Å². The number of hydrogen-bond donors (Lipinski definition) is 3. The molecular formula is C24H24N4O5S. The Labute approximate surface area is 195 Å². The quantitative estimate of drug-likeness (QED) is 0.372. The minimum atomic E-state index is -4.02. The van der Waals surface area contributed by atoms with Crippen molar-refractivity contribution in [2.24, 2.45) is 5.92 Å². The van der Waals surface area contributed by atoms with Crippen LogP contribution in [0.4, 0.5) is 5.69 Å². The third-order valence-electron chi connectivity index (χ3n) is 6.10. The molecule has 2 atom stereocenters. The molecule has 0 unspecified atom stereocenters. The van der Waals surface area contributed by atoms with E-state index in [0.717, 1.165) is 12.2 Å². The number of carbonyl (C=O) groups is 1. The van der Waals surface area contributed by atoms with E-state index in [-0.39, 0.29) is 28.6 Å². The van der Waals surface area contributed by atoms with Crippen LogP contribution in [0.15, 0.2) is 68.7 Å². The van der Waals surface area contributed by atoms with Crippen LogP contribution in [0.3, 0.4) is 0 Å². The fourth-order valence-electron chi connectivity index (χ4n) is 4.05. The van der Waals surface area contributed by atoms with Gasteiger partial charge in [-0.05, 0) is 54.8 Å². The summed E-state index contributed by atoms with van der Waals surface area (Å²) in [4.78, 5) is 31.2. The van der Waals surface area contributed by atoms with Gasteiger partial charge in [0.15, 0.2) is 0 Å². The Morgan fingerprint density at radius 3 is 2.62 bits per heavy atom. The van der Waals surface area contributed by atoms with Crippen molar-refractivity contribution >= 4 is 32.7 Å². The van der Waals surface area contributed by atoms with Gasteiger partial charge in [0.05, 0.1) is 33.7 Å². The van der Waals surface area contributed by atoms with Gasteiger partial charge in [-0.15, -0.1) is 0 Å². The molecule has 1 aliphatic rings. The van der Waals surface area contributed by atoms with Crippen molar-refractivity contribution in [2.75, 3.05) is 11.8 Å². The lowest BCUT2D eigenvalue weighted by Gasteiger charge is -2.18. The van der Waals surface area contributed by atoms with Gasteiger partial charge in [0.25, 0.3) is 15.9 Å². The number of aromatic amines is 2. The second-order valence-electron chi connectivity index (χ2n) is 8.72. The number of anilines is 1. The average Bonchev–Trinajstić information content (AvgIpc) is 3.17. The number of benzene rings is 2. The molecule has 3 N–H and O–H groups in total. The average molecular weight is 481 g/mol. The molecule has 10 heteroatoms. The molecule has 0 spiro atoms. The van der Waals surface area contributed by atoms with Gasteiger partial charge < -0.3 is 19.3 Å². The van der Waals surface area contributed by atoms with Crippen LogP contribution in [-0.2, 0) is 16.6 Å². The zero-order chi connectivity index (χ0) is 24.0. The number of H-pyrrole nitrogens is 2. The Kier molecular flexibility index (Phi) is 5.32. The van der Waals surface area contributed by atoms with E-state index in [1.165, 1.54) is 29.2 Å². The van der Waals surface area contributed by atoms with E-state index in [0.29, 0.717) is 28.6 Å². The second kappa shape index (κ2) is 8.21. The number of amides is 1. The number of hydrogen-bond acceptors (Lipinski definition) is 5. The molecule has 2 aromatic heterocycles. The number of imidazole rings is 1. The first-order chi connectivity index (χ1) is 16.2. The van der Waals surface area contributed by atoms with Crippen molar-refractivity contribution in [1.82, 2.24) is 14.9 Å². The first kappa shape index (κ1) is 22.0. The Bertz CT molecular complexity index is 1550. The normalized spacial score (nSPS) is 17.6. The second-order valence-corrected chi connectivity index (χ2v) is 10.4. The molecule has 1 amide bonds. The number of nitrogens with zero attached hydrogens (tertiary/aromatic N) is 1. The molecule has 4 aromatic rings. The van der Waals surface area contributed by atoms with Crippen LogP contribution in [0.2, 0.25) is 0 Å². The van der Waals surface area contributed by atoms with Crippen LogP contribution in [0, 0.1) is 5.92 Å². The maximum atomic E-state index is 13.2. The molecule has 9 nitrogen and oxygen atoms in total. The van der Waals surface area contributed by atoms with Crippen LogP contribution in [0.5, 0.6) is 0 Å². The van der Waals surface area contributed by atoms with Crippen molar-refractivity contribution in [3.63, 3.8) is 0 Å². The molecule has 1 saturated carbocycles. The summed E-state index contributed by atoms with van der Waals surface area (Å²) in [7, 11) is -2.37. The number of rotatable bonds is 7. The van der Waals surface area contributed by atoms with Gasteiger partial charge >= 0.3 is 5.69 Å². The number of carbonyl (C=O) groups excluding carboxylic acids is 1. The van der Waals surface area contributed by atoms with Gasteiger partial charge in [-0.25, -0.2) is 13.2 Å². The number of para-hydroxylation sites is 1. The van der Waals surface area contributed by atoms with E-state index in [2.05, 4.69) is 21.6 Å². The van der Waals surface area contributed by atoms with Crippen LogP contribution in [0.25, 0.3) is 11.0 Å². The minimum Gasteiger partial charge on any atom is -0.464 e. The largest absolute Gasteiger partial charge is 0.464 e. The lowest BCUT2D eigenvalue weighted by molar-refractivity contribution is 0.0776. The SMILES string of the molecule is C[C@@H]1C[C@@H]1c1ccc(CN(C)C(=O)c2ccccc2NS(=O)(=O)c2ccc3[nH]c(=O)[nH]c3c2)o1. The molecule has 176 valence electrons. The minimum absolute atomic E-state index is 0.0386. The highest BCUT2D eigenvalue weighted by atomic mass is 32.2. The third-order valence-corrected chi connectivity index (χ3v) is 7.46. The summed E-state index contributed by atoms with van der Waals surface area (Å²) < 4.78 is 34.5. The van der Waals surface area contributed by atoms with Crippen molar-refractivity contribution in [3.05, 3.63) is 82.2 Å². The van der Waals surface area contributed by atoms with Crippen molar-refractivity contribution in [3.8, 4) is 0 Å². The van der Waals surface area contributed by atoms with E-state index in [1.54, 1.807) is 25.2 Å². The summed E-state index contributed by atoms with van der Waals surface area (Å²) in [6.45, 7) is 2.44. The van der Waals surface area contributed by atoms with Gasteiger partial charge in [-0.1, -0.05) is 19.1 Å². The molecule has 0 saturated heterocycles. The Morgan fingerprint density at radius 1 is 1.12 bits per heavy atom. The van der Waals surface area contributed by atoms with Crippen LogP contribution < -0.4 is 10.4 Å². The van der Waals surface area contributed by atoms with Gasteiger partial charge in [0, 0.05) is 13.0 Å². The predicted octanol–water partition coefficient (Wildman–Crippen LogP) is 3.65. The molecule has 5 rings (SSSR count). The number of sulfonamides is 1. The summed E-state index contributed by atoms with van der Waals surface area (Å²) in [5.74, 6) is 2.35. The first-order valence-electron chi connectivity index (χ1n) is 10.9. The number of fused-ring (bicyclic) bond motifs is 1. The van der Waals surface area contributed by atoms with Crippen LogP contribution in [-0.4, -0.2) is 36.2 Å². The first-order valence-corrected chi connectivity index (χ1v) is 12.4. The molecule has 2 heterocycles. The smallest absolute Gasteiger partial charge is 0.323 e. The van der Waals surface area contributed by atoms with Crippen LogP contribution >= 0.6 is 0 Å². The number of aromatic nitrogens is 2. The van der Waals surface area contributed by atoms with E-state index in [1.807, 2.05) is 12.1 Å². The maximum Gasteiger partial charge on any atom is 0.323 e. The highest BCUT2D eigenvalue weighted by molar-refractivity contribution is 7.92. The lowest BCUT2D eigenvalue weighted by atomic mass is 10.1. The van der Waals surface area contributed by atoms with Crippen molar-refractivity contribution in [2.45, 2.75) is 30.7 Å². The van der Waals surface area contributed by atoms with Crippen molar-refractivity contribution in [1.29, 1.82) is 0 Å². The Balaban J connectivity index is 1.36. The fraction of sp³-hybridized carbons (Fsp3) is 0.250. The van der Waals surface area contributed by atoms with Crippen LogP contribution in [0.1, 0.15) is 41.1 Å². The summed E-state index contributed by atoms with van der Waals surface area (Å²) in [6.07, 6.45) is 1.11. The molecule has 0 aliphatic heterocycles. The predicted molar refractivity (Wildman–Crippen MR) is 127 cm³/mol. The number of furan rings is 1. The Morgan fingerprint density at radius 2 is 1.85 bits per heavy atom. The summed E-state index contributed by atoms with van der Waals surface area (Å²) in [5, 5.41) is 0. The molecular weight excluding hydrogens is 456 g/mol. The highest BCUT2D eigenvalue weighted by Crippen LogP contribution is 2.47. The lowest BCUT2D eigenvalue weighted by Crippen LogP contribution is -2.27. The molecule has 1 fully saturated rings. The molecule has 2 aromatic carbocycles. The summed E-state index contributed by atoms with van der Waals surface area (Å²) in [5.41, 5.74) is 0.821. The Hall–Kier alpha value is -3.79. The van der Waals surface area contributed by atoms with Gasteiger partial charge in [-0.3, -0.25) is 9.52 Å². The van der Waals surface area contributed by atoms with E-state index in [4.69, 9.17) is 4.42 Å². The summed E-state index contributed by atoms with van der Waals surface area (Å²) in [6, 6.07) is 14.5. The van der Waals surface area contributed by atoms with Gasteiger partial charge in [0.1, 0.15) is 11.5 Å². The van der Waals surface area contributed by atoms with Gasteiger partial charge in [0.2, 0.25) is 0 Å². The summed E-state index contributed by atoms with van der Waals surface area (Å²) >= 11 is 0. The van der Waals surface area contributed by atoms with Crippen molar-refractivity contribution < 1.29 is 17.6 Å².